The van der Waals surface area contributed by atoms with E-state index in [4.69, 9.17) is 0 Å². The Morgan fingerprint density at radius 3 is 2.36 bits per heavy atom. The lowest BCUT2D eigenvalue weighted by Gasteiger charge is -2.07. The summed E-state index contributed by atoms with van der Waals surface area (Å²) in [7, 11) is 0. The van der Waals surface area contributed by atoms with Crippen molar-refractivity contribution in [3.8, 4) is 0 Å². The monoisotopic (exact) mass is 317 g/mol. The lowest BCUT2D eigenvalue weighted by atomic mass is 10.1. The van der Waals surface area contributed by atoms with Crippen molar-refractivity contribution in [2.24, 2.45) is 0 Å². The summed E-state index contributed by atoms with van der Waals surface area (Å²) >= 11 is 1.64. The highest BCUT2D eigenvalue weighted by atomic mass is 32.2. The second-order valence-corrected chi connectivity index (χ2v) is 6.50. The van der Waals surface area contributed by atoms with Crippen LogP contribution in [-0.4, -0.2) is 11.7 Å². The van der Waals surface area contributed by atoms with Crippen molar-refractivity contribution >= 4 is 23.4 Å². The van der Waals surface area contributed by atoms with Gasteiger partial charge in [-0.2, -0.15) is 0 Å². The van der Waals surface area contributed by atoms with Crippen LogP contribution in [0.2, 0.25) is 0 Å². The first kappa shape index (κ1) is 16.6. The molecule has 2 aromatic carbocycles. The van der Waals surface area contributed by atoms with Gasteiger partial charge in [-0.3, -0.25) is 4.79 Å². The summed E-state index contributed by atoms with van der Waals surface area (Å²) in [6.07, 6.45) is 1.28. The molecule has 4 heteroatoms. The SMILES string of the molecule is Cc1cc(C)cc(NC(=O)CCCSc2ccc(F)cc2)c1. The summed E-state index contributed by atoms with van der Waals surface area (Å²) in [6, 6.07) is 12.4. The lowest BCUT2D eigenvalue weighted by Crippen LogP contribution is -2.11. The van der Waals surface area contributed by atoms with Gasteiger partial charge in [0.15, 0.2) is 0 Å². The van der Waals surface area contributed by atoms with E-state index in [9.17, 15) is 9.18 Å². The number of halogens is 1. The molecular formula is C18H20FNOS. The number of amides is 1. The fourth-order valence-corrected chi connectivity index (χ4v) is 3.08. The lowest BCUT2D eigenvalue weighted by molar-refractivity contribution is -0.116. The fourth-order valence-electron chi connectivity index (χ4n) is 2.22. The van der Waals surface area contributed by atoms with Gasteiger partial charge >= 0.3 is 0 Å². The van der Waals surface area contributed by atoms with Gasteiger partial charge in [-0.1, -0.05) is 6.07 Å². The van der Waals surface area contributed by atoms with E-state index < -0.39 is 0 Å². The molecule has 0 saturated carbocycles. The van der Waals surface area contributed by atoms with Crippen LogP contribution in [-0.2, 0) is 4.79 Å². The summed E-state index contributed by atoms with van der Waals surface area (Å²) in [6.45, 7) is 4.03. The van der Waals surface area contributed by atoms with Crippen LogP contribution in [0.25, 0.3) is 0 Å². The molecule has 0 radical (unpaired) electrons. The van der Waals surface area contributed by atoms with Crippen LogP contribution in [0.4, 0.5) is 10.1 Å². The third kappa shape index (κ3) is 5.53. The molecule has 0 saturated heterocycles. The molecule has 1 amide bonds. The van der Waals surface area contributed by atoms with Crippen LogP contribution in [0.15, 0.2) is 47.4 Å². The number of thioether (sulfide) groups is 1. The number of hydrogen-bond donors (Lipinski definition) is 1. The smallest absolute Gasteiger partial charge is 0.224 e. The number of rotatable bonds is 6. The summed E-state index contributed by atoms with van der Waals surface area (Å²) in [4.78, 5) is 12.9. The Morgan fingerprint density at radius 2 is 1.73 bits per heavy atom. The van der Waals surface area contributed by atoms with Gasteiger partial charge in [-0.05, 0) is 73.5 Å². The molecule has 22 heavy (non-hydrogen) atoms. The van der Waals surface area contributed by atoms with E-state index in [2.05, 4.69) is 11.4 Å². The van der Waals surface area contributed by atoms with Crippen LogP contribution in [0.1, 0.15) is 24.0 Å². The van der Waals surface area contributed by atoms with Crippen molar-refractivity contribution in [3.63, 3.8) is 0 Å². The Labute approximate surface area is 135 Å². The molecule has 1 N–H and O–H groups in total. The summed E-state index contributed by atoms with van der Waals surface area (Å²) in [5.41, 5.74) is 3.14. The van der Waals surface area contributed by atoms with Crippen molar-refractivity contribution in [3.05, 3.63) is 59.4 Å². The normalized spacial score (nSPS) is 10.5. The van der Waals surface area contributed by atoms with Gasteiger partial charge in [0, 0.05) is 17.0 Å². The topological polar surface area (TPSA) is 29.1 Å². The zero-order valence-electron chi connectivity index (χ0n) is 12.9. The molecule has 0 heterocycles. The average molecular weight is 317 g/mol. The van der Waals surface area contributed by atoms with Crippen molar-refractivity contribution in [1.82, 2.24) is 0 Å². The quantitative estimate of drug-likeness (QED) is 0.603. The standard InChI is InChI=1S/C18H20FNOS/c1-13-10-14(2)12-16(11-13)20-18(21)4-3-9-22-17-7-5-15(19)6-8-17/h5-8,10-12H,3-4,9H2,1-2H3,(H,20,21). The predicted molar refractivity (Wildman–Crippen MR) is 90.9 cm³/mol. The molecular weight excluding hydrogens is 297 g/mol. The maximum Gasteiger partial charge on any atom is 0.224 e. The second kappa shape index (κ2) is 7.99. The number of nitrogens with one attached hydrogen (secondary N) is 1. The minimum Gasteiger partial charge on any atom is -0.326 e. The van der Waals surface area contributed by atoms with Crippen LogP contribution < -0.4 is 5.32 Å². The largest absolute Gasteiger partial charge is 0.326 e. The van der Waals surface area contributed by atoms with E-state index in [-0.39, 0.29) is 11.7 Å². The molecule has 0 aliphatic carbocycles. The van der Waals surface area contributed by atoms with Gasteiger partial charge in [0.25, 0.3) is 0 Å². The first-order valence-electron chi connectivity index (χ1n) is 7.29. The Bertz CT molecular complexity index is 620. The summed E-state index contributed by atoms with van der Waals surface area (Å²) in [5, 5.41) is 2.93. The van der Waals surface area contributed by atoms with Crippen LogP contribution in [0.3, 0.4) is 0 Å². The molecule has 0 aromatic heterocycles. The first-order chi connectivity index (χ1) is 10.5. The van der Waals surface area contributed by atoms with E-state index in [0.717, 1.165) is 33.9 Å². The molecule has 2 rings (SSSR count). The molecule has 0 aliphatic rings. The molecule has 2 aromatic rings. The van der Waals surface area contributed by atoms with Gasteiger partial charge < -0.3 is 5.32 Å². The summed E-state index contributed by atoms with van der Waals surface area (Å²) in [5.74, 6) is 0.646. The highest BCUT2D eigenvalue weighted by Crippen LogP contribution is 2.20. The molecule has 0 atom stereocenters. The van der Waals surface area contributed by atoms with Crippen molar-refractivity contribution in [2.75, 3.05) is 11.1 Å². The molecule has 116 valence electrons. The zero-order valence-corrected chi connectivity index (χ0v) is 13.7. The molecule has 0 spiro atoms. The summed E-state index contributed by atoms with van der Waals surface area (Å²) < 4.78 is 12.8. The fraction of sp³-hybridized carbons (Fsp3) is 0.278. The molecule has 2 nitrogen and oxygen atoms in total. The maximum absolute atomic E-state index is 12.8. The van der Waals surface area contributed by atoms with E-state index in [0.29, 0.717) is 6.42 Å². The number of anilines is 1. The number of benzene rings is 2. The highest BCUT2D eigenvalue weighted by molar-refractivity contribution is 7.99. The number of carbonyl (C=O) groups is 1. The Kier molecular flexibility index (Phi) is 6.01. The van der Waals surface area contributed by atoms with Crippen LogP contribution in [0.5, 0.6) is 0 Å². The predicted octanol–water partition coefficient (Wildman–Crippen LogP) is 4.95. The minimum absolute atomic E-state index is 0.0321. The van der Waals surface area contributed by atoms with Gasteiger partial charge in [0.2, 0.25) is 5.91 Å². The third-order valence-corrected chi connectivity index (χ3v) is 4.23. The molecule has 0 fully saturated rings. The highest BCUT2D eigenvalue weighted by Gasteiger charge is 2.04. The molecule has 0 unspecified atom stereocenters. The third-order valence-electron chi connectivity index (χ3n) is 3.14. The minimum atomic E-state index is -0.225. The van der Waals surface area contributed by atoms with Gasteiger partial charge in [0.1, 0.15) is 5.82 Å². The Hall–Kier alpha value is -1.81. The van der Waals surface area contributed by atoms with E-state index >= 15 is 0 Å². The van der Waals surface area contributed by atoms with E-state index in [1.165, 1.54) is 12.1 Å². The second-order valence-electron chi connectivity index (χ2n) is 5.33. The Balaban J connectivity index is 1.72. The number of hydrogen-bond acceptors (Lipinski definition) is 2. The zero-order chi connectivity index (χ0) is 15.9. The number of aryl methyl sites for hydroxylation is 2. The maximum atomic E-state index is 12.8. The Morgan fingerprint density at radius 1 is 1.09 bits per heavy atom. The first-order valence-corrected chi connectivity index (χ1v) is 8.28. The van der Waals surface area contributed by atoms with Gasteiger partial charge in [0.05, 0.1) is 0 Å². The van der Waals surface area contributed by atoms with E-state index in [1.54, 1.807) is 23.9 Å². The van der Waals surface area contributed by atoms with Crippen molar-refractivity contribution in [1.29, 1.82) is 0 Å². The average Bonchev–Trinajstić information content (AvgIpc) is 2.44. The van der Waals surface area contributed by atoms with Crippen molar-refractivity contribution in [2.45, 2.75) is 31.6 Å². The van der Waals surface area contributed by atoms with Crippen LogP contribution >= 0.6 is 11.8 Å². The number of carbonyl (C=O) groups excluding carboxylic acids is 1. The van der Waals surface area contributed by atoms with E-state index in [1.807, 2.05) is 26.0 Å². The van der Waals surface area contributed by atoms with Crippen molar-refractivity contribution < 1.29 is 9.18 Å². The van der Waals surface area contributed by atoms with Crippen LogP contribution in [0, 0.1) is 19.7 Å². The van der Waals surface area contributed by atoms with Gasteiger partial charge in [-0.25, -0.2) is 4.39 Å². The molecule has 0 bridgehead atoms. The van der Waals surface area contributed by atoms with Gasteiger partial charge in [-0.15, -0.1) is 11.8 Å². The molecule has 0 aliphatic heterocycles.